The van der Waals surface area contributed by atoms with Crippen molar-refractivity contribution in [1.29, 1.82) is 0 Å². The van der Waals surface area contributed by atoms with Crippen molar-refractivity contribution in [2.24, 2.45) is 0 Å². The van der Waals surface area contributed by atoms with E-state index in [2.05, 4.69) is 31.1 Å². The summed E-state index contributed by atoms with van der Waals surface area (Å²) < 4.78 is 1.66. The van der Waals surface area contributed by atoms with Crippen LogP contribution >= 0.6 is 0 Å². The van der Waals surface area contributed by atoms with Crippen LogP contribution in [0, 0.1) is 0 Å². The van der Waals surface area contributed by atoms with Gasteiger partial charge in [-0.25, -0.2) is 9.48 Å². The molecule has 21 heavy (non-hydrogen) atoms. The van der Waals surface area contributed by atoms with Gasteiger partial charge in [-0.1, -0.05) is 57.2 Å². The molecule has 0 atom stereocenters. The van der Waals surface area contributed by atoms with Crippen molar-refractivity contribution in [3.05, 3.63) is 35.5 Å². The standard InChI is InChI=1S/C16H21N3O2/c1-5-10-19-14(13(15(20)21)17-18-19)11-6-8-12(9-7-11)16(2,3)4/h6-9H,5,10H2,1-4H3,(H,20,21). The van der Waals surface area contributed by atoms with Gasteiger partial charge in [-0.05, 0) is 17.4 Å². The highest BCUT2D eigenvalue weighted by Gasteiger charge is 2.21. The van der Waals surface area contributed by atoms with Crippen LogP contribution in [0.15, 0.2) is 24.3 Å². The lowest BCUT2D eigenvalue weighted by molar-refractivity contribution is 0.0691. The number of nitrogens with zero attached hydrogens (tertiary/aromatic N) is 3. The van der Waals surface area contributed by atoms with E-state index in [9.17, 15) is 9.90 Å². The van der Waals surface area contributed by atoms with E-state index >= 15 is 0 Å². The Hall–Kier alpha value is -2.17. The second kappa shape index (κ2) is 5.68. The maximum atomic E-state index is 11.3. The van der Waals surface area contributed by atoms with Gasteiger partial charge < -0.3 is 5.11 Å². The van der Waals surface area contributed by atoms with Crippen LogP contribution in [0.2, 0.25) is 0 Å². The van der Waals surface area contributed by atoms with Gasteiger partial charge in [0.15, 0.2) is 5.69 Å². The maximum Gasteiger partial charge on any atom is 0.358 e. The predicted molar refractivity (Wildman–Crippen MR) is 81.4 cm³/mol. The molecular formula is C16H21N3O2. The highest BCUT2D eigenvalue weighted by Crippen LogP contribution is 2.27. The second-order valence-electron chi connectivity index (χ2n) is 6.14. The summed E-state index contributed by atoms with van der Waals surface area (Å²) in [5, 5.41) is 17.0. The van der Waals surface area contributed by atoms with E-state index in [1.165, 1.54) is 5.56 Å². The zero-order valence-electron chi connectivity index (χ0n) is 12.9. The largest absolute Gasteiger partial charge is 0.476 e. The molecule has 0 bridgehead atoms. The zero-order valence-corrected chi connectivity index (χ0v) is 12.9. The van der Waals surface area contributed by atoms with Crippen molar-refractivity contribution < 1.29 is 9.90 Å². The third-order valence-electron chi connectivity index (χ3n) is 3.40. The highest BCUT2D eigenvalue weighted by atomic mass is 16.4. The quantitative estimate of drug-likeness (QED) is 0.936. The number of hydrogen-bond donors (Lipinski definition) is 1. The Kier molecular flexibility index (Phi) is 4.11. The van der Waals surface area contributed by atoms with Crippen LogP contribution in [-0.4, -0.2) is 26.1 Å². The third-order valence-corrected chi connectivity index (χ3v) is 3.40. The SMILES string of the molecule is CCCn1nnc(C(=O)O)c1-c1ccc(C(C)(C)C)cc1. The summed E-state index contributed by atoms with van der Waals surface area (Å²) in [6.45, 7) is 9.11. The summed E-state index contributed by atoms with van der Waals surface area (Å²) in [7, 11) is 0. The fourth-order valence-corrected chi connectivity index (χ4v) is 2.24. The molecule has 5 nitrogen and oxygen atoms in total. The fraction of sp³-hybridized carbons (Fsp3) is 0.438. The minimum atomic E-state index is -1.05. The van der Waals surface area contributed by atoms with Gasteiger partial charge in [0.1, 0.15) is 5.69 Å². The van der Waals surface area contributed by atoms with Gasteiger partial charge in [0.2, 0.25) is 0 Å². The first-order valence-electron chi connectivity index (χ1n) is 7.12. The first kappa shape index (κ1) is 15.2. The van der Waals surface area contributed by atoms with Gasteiger partial charge in [-0.3, -0.25) is 0 Å². The van der Waals surface area contributed by atoms with Crippen LogP contribution < -0.4 is 0 Å². The Labute approximate surface area is 124 Å². The summed E-state index contributed by atoms with van der Waals surface area (Å²) >= 11 is 0. The average molecular weight is 287 g/mol. The molecule has 1 N–H and O–H groups in total. The summed E-state index contributed by atoms with van der Waals surface area (Å²) in [4.78, 5) is 11.3. The predicted octanol–water partition coefficient (Wildman–Crippen LogP) is 3.35. The van der Waals surface area contributed by atoms with Crippen molar-refractivity contribution in [2.75, 3.05) is 0 Å². The summed E-state index contributed by atoms with van der Waals surface area (Å²) in [5.41, 5.74) is 2.68. The van der Waals surface area contributed by atoms with Crippen LogP contribution in [-0.2, 0) is 12.0 Å². The number of carbonyl (C=O) groups is 1. The highest BCUT2D eigenvalue weighted by molar-refractivity contribution is 5.92. The van der Waals surface area contributed by atoms with Crippen LogP contribution in [0.1, 0.15) is 50.2 Å². The van der Waals surface area contributed by atoms with Gasteiger partial charge in [0, 0.05) is 12.1 Å². The fourth-order valence-electron chi connectivity index (χ4n) is 2.24. The monoisotopic (exact) mass is 287 g/mol. The molecule has 112 valence electrons. The molecule has 1 aromatic heterocycles. The van der Waals surface area contributed by atoms with Crippen molar-refractivity contribution in [3.8, 4) is 11.3 Å². The topological polar surface area (TPSA) is 68.0 Å². The lowest BCUT2D eigenvalue weighted by Gasteiger charge is -2.19. The van der Waals surface area contributed by atoms with Crippen molar-refractivity contribution in [2.45, 2.75) is 46.1 Å². The zero-order chi connectivity index (χ0) is 15.6. The van der Waals surface area contributed by atoms with Crippen LogP contribution in [0.5, 0.6) is 0 Å². The van der Waals surface area contributed by atoms with E-state index in [-0.39, 0.29) is 11.1 Å². The molecule has 0 aliphatic heterocycles. The van der Waals surface area contributed by atoms with Crippen LogP contribution in [0.4, 0.5) is 0 Å². The molecule has 0 radical (unpaired) electrons. The van der Waals surface area contributed by atoms with E-state index in [4.69, 9.17) is 0 Å². The van der Waals surface area contributed by atoms with Crippen molar-refractivity contribution in [3.63, 3.8) is 0 Å². The Morgan fingerprint density at radius 2 is 1.86 bits per heavy atom. The minimum Gasteiger partial charge on any atom is -0.476 e. The van der Waals surface area contributed by atoms with Gasteiger partial charge in [-0.2, -0.15) is 0 Å². The number of aryl methyl sites for hydroxylation is 1. The van der Waals surface area contributed by atoms with Crippen molar-refractivity contribution >= 4 is 5.97 Å². The lowest BCUT2D eigenvalue weighted by atomic mass is 9.86. The van der Waals surface area contributed by atoms with Crippen LogP contribution in [0.3, 0.4) is 0 Å². The number of carboxylic acids is 1. The number of benzene rings is 1. The molecule has 0 aliphatic carbocycles. The van der Waals surface area contributed by atoms with Gasteiger partial charge in [0.05, 0.1) is 0 Å². The summed E-state index contributed by atoms with van der Waals surface area (Å²) in [6.07, 6.45) is 0.871. The molecular weight excluding hydrogens is 266 g/mol. The molecule has 0 unspecified atom stereocenters. The van der Waals surface area contributed by atoms with E-state index in [1.807, 2.05) is 31.2 Å². The summed E-state index contributed by atoms with van der Waals surface area (Å²) in [5.74, 6) is -1.05. The van der Waals surface area contributed by atoms with Gasteiger partial charge in [0.25, 0.3) is 0 Å². The van der Waals surface area contributed by atoms with Crippen LogP contribution in [0.25, 0.3) is 11.3 Å². The van der Waals surface area contributed by atoms with E-state index in [0.717, 1.165) is 12.0 Å². The Bertz CT molecular complexity index is 637. The summed E-state index contributed by atoms with van der Waals surface area (Å²) in [6, 6.07) is 7.95. The molecule has 0 spiro atoms. The first-order valence-corrected chi connectivity index (χ1v) is 7.12. The Morgan fingerprint density at radius 3 is 2.33 bits per heavy atom. The molecule has 1 heterocycles. The van der Waals surface area contributed by atoms with E-state index < -0.39 is 5.97 Å². The number of carboxylic acid groups (broad SMARTS) is 1. The number of rotatable bonds is 4. The maximum absolute atomic E-state index is 11.3. The van der Waals surface area contributed by atoms with E-state index in [0.29, 0.717) is 12.2 Å². The Morgan fingerprint density at radius 1 is 1.24 bits per heavy atom. The molecule has 0 saturated heterocycles. The van der Waals surface area contributed by atoms with Gasteiger partial charge >= 0.3 is 5.97 Å². The molecule has 5 heteroatoms. The molecule has 2 aromatic rings. The van der Waals surface area contributed by atoms with Gasteiger partial charge in [-0.15, -0.1) is 5.10 Å². The van der Waals surface area contributed by atoms with Crippen molar-refractivity contribution in [1.82, 2.24) is 15.0 Å². The molecule has 0 saturated carbocycles. The molecule has 0 fully saturated rings. The second-order valence-corrected chi connectivity index (χ2v) is 6.14. The average Bonchev–Trinajstić information content (AvgIpc) is 2.82. The first-order chi connectivity index (χ1) is 9.84. The molecule has 0 aliphatic rings. The third kappa shape index (κ3) is 3.12. The lowest BCUT2D eigenvalue weighted by Crippen LogP contribution is -2.11. The normalized spacial score (nSPS) is 11.6. The smallest absolute Gasteiger partial charge is 0.358 e. The van der Waals surface area contributed by atoms with E-state index in [1.54, 1.807) is 4.68 Å². The minimum absolute atomic E-state index is 0.00644. The number of hydrogen-bond acceptors (Lipinski definition) is 3. The number of aromatic nitrogens is 3. The number of aromatic carboxylic acids is 1. The molecule has 2 rings (SSSR count). The Balaban J connectivity index is 2.50. The molecule has 0 amide bonds. The molecule has 1 aromatic carbocycles.